The van der Waals surface area contributed by atoms with Crippen LogP contribution >= 0.6 is 0 Å². The molecule has 1 heterocycles. The zero-order chi connectivity index (χ0) is 15.2. The smallest absolute Gasteiger partial charge is 0.243 e. The van der Waals surface area contributed by atoms with Gasteiger partial charge in [-0.15, -0.1) is 0 Å². The highest BCUT2D eigenvalue weighted by Gasteiger charge is 2.45. The summed E-state index contributed by atoms with van der Waals surface area (Å²) in [5, 5.41) is 9.93. The van der Waals surface area contributed by atoms with Crippen LogP contribution in [0, 0.1) is 18.8 Å². The number of fused-ring (bicyclic) bond motifs is 1. The fourth-order valence-corrected chi connectivity index (χ4v) is 5.17. The number of aliphatic hydroxyl groups is 1. The summed E-state index contributed by atoms with van der Waals surface area (Å²) in [6.45, 7) is 2.79. The van der Waals surface area contributed by atoms with Crippen LogP contribution in [0.15, 0.2) is 23.1 Å². The van der Waals surface area contributed by atoms with Gasteiger partial charge in [0, 0.05) is 19.0 Å². The van der Waals surface area contributed by atoms with Crippen molar-refractivity contribution in [2.24, 2.45) is 11.8 Å². The van der Waals surface area contributed by atoms with Gasteiger partial charge >= 0.3 is 0 Å². The number of rotatable bonds is 3. The molecule has 116 valence electrons. The molecule has 21 heavy (non-hydrogen) atoms. The van der Waals surface area contributed by atoms with E-state index in [1.54, 1.807) is 25.3 Å². The molecule has 2 aliphatic rings. The van der Waals surface area contributed by atoms with E-state index in [0.717, 1.165) is 18.4 Å². The van der Waals surface area contributed by atoms with Gasteiger partial charge in [-0.1, -0.05) is 0 Å². The first-order valence-electron chi connectivity index (χ1n) is 7.26. The maximum atomic E-state index is 12.7. The van der Waals surface area contributed by atoms with Crippen LogP contribution in [0.4, 0.5) is 0 Å². The van der Waals surface area contributed by atoms with Crippen LogP contribution in [0.1, 0.15) is 18.4 Å². The van der Waals surface area contributed by atoms with Crippen LogP contribution in [-0.2, 0) is 10.0 Å². The van der Waals surface area contributed by atoms with E-state index in [1.165, 1.54) is 4.31 Å². The Labute approximate surface area is 125 Å². The number of nitrogens with zero attached hydrogens (tertiary/aromatic N) is 1. The maximum Gasteiger partial charge on any atom is 0.243 e. The minimum atomic E-state index is -3.48. The molecule has 0 radical (unpaired) electrons. The highest BCUT2D eigenvalue weighted by Crippen LogP contribution is 2.40. The van der Waals surface area contributed by atoms with Gasteiger partial charge < -0.3 is 9.84 Å². The Bertz CT molecular complexity index is 643. The molecule has 1 aromatic rings. The molecule has 0 bridgehead atoms. The van der Waals surface area contributed by atoms with Gasteiger partial charge in [-0.2, -0.15) is 4.31 Å². The summed E-state index contributed by atoms with van der Waals surface area (Å²) < 4.78 is 32.1. The van der Waals surface area contributed by atoms with Gasteiger partial charge in [0.15, 0.2) is 0 Å². The van der Waals surface area contributed by atoms with Crippen molar-refractivity contribution in [3.8, 4) is 5.75 Å². The monoisotopic (exact) mass is 311 g/mol. The van der Waals surface area contributed by atoms with Crippen LogP contribution < -0.4 is 4.74 Å². The van der Waals surface area contributed by atoms with Gasteiger partial charge in [0.05, 0.1) is 18.1 Å². The molecular weight excluding hydrogens is 290 g/mol. The third-order valence-electron chi connectivity index (χ3n) is 4.79. The lowest BCUT2D eigenvalue weighted by molar-refractivity contribution is 0.129. The topological polar surface area (TPSA) is 66.8 Å². The predicted molar refractivity (Wildman–Crippen MR) is 78.7 cm³/mol. The Morgan fingerprint density at radius 1 is 1.29 bits per heavy atom. The van der Waals surface area contributed by atoms with E-state index >= 15 is 0 Å². The van der Waals surface area contributed by atoms with Gasteiger partial charge in [-0.3, -0.25) is 0 Å². The summed E-state index contributed by atoms with van der Waals surface area (Å²) in [4.78, 5) is 0.301. The van der Waals surface area contributed by atoms with Gasteiger partial charge in [-0.25, -0.2) is 8.42 Å². The van der Waals surface area contributed by atoms with Crippen LogP contribution in [0.3, 0.4) is 0 Å². The number of benzene rings is 1. The fourth-order valence-electron chi connectivity index (χ4n) is 3.55. The predicted octanol–water partition coefficient (Wildman–Crippen LogP) is 1.40. The molecular formula is C15H21NO4S. The fraction of sp³-hybridized carbons (Fsp3) is 0.600. The number of ether oxygens (including phenoxy) is 1. The van der Waals surface area contributed by atoms with Gasteiger partial charge in [-0.05, 0) is 49.4 Å². The first-order chi connectivity index (χ1) is 9.93. The molecule has 1 saturated heterocycles. The zero-order valence-electron chi connectivity index (χ0n) is 12.3. The molecule has 3 atom stereocenters. The number of methoxy groups -OCH3 is 1. The van der Waals surface area contributed by atoms with Crippen LogP contribution in [0.25, 0.3) is 0 Å². The number of hydrogen-bond acceptors (Lipinski definition) is 4. The Balaban J connectivity index is 1.86. The summed E-state index contributed by atoms with van der Waals surface area (Å²) in [6, 6.07) is 4.93. The van der Waals surface area contributed by atoms with Crippen molar-refractivity contribution >= 4 is 10.0 Å². The molecule has 6 heteroatoms. The second-order valence-electron chi connectivity index (χ2n) is 6.02. The van der Waals surface area contributed by atoms with E-state index in [1.807, 2.05) is 6.92 Å². The van der Waals surface area contributed by atoms with Crippen molar-refractivity contribution in [2.45, 2.75) is 30.8 Å². The average Bonchev–Trinajstić information content (AvgIpc) is 3.02. The molecule has 0 aromatic heterocycles. The SMILES string of the molecule is COc1ccc(S(=O)(=O)N2CC3CCC(O)C3C2)cc1C. The van der Waals surface area contributed by atoms with Crippen molar-refractivity contribution in [1.29, 1.82) is 0 Å². The summed E-state index contributed by atoms with van der Waals surface area (Å²) in [6.07, 6.45) is 1.36. The van der Waals surface area contributed by atoms with Crippen molar-refractivity contribution in [3.63, 3.8) is 0 Å². The summed E-state index contributed by atoms with van der Waals surface area (Å²) >= 11 is 0. The van der Waals surface area contributed by atoms with Crippen molar-refractivity contribution in [3.05, 3.63) is 23.8 Å². The number of sulfonamides is 1. The van der Waals surface area contributed by atoms with Crippen LogP contribution in [0.5, 0.6) is 5.75 Å². The lowest BCUT2D eigenvalue weighted by Crippen LogP contribution is -2.31. The van der Waals surface area contributed by atoms with E-state index in [4.69, 9.17) is 4.74 Å². The Morgan fingerprint density at radius 2 is 2.05 bits per heavy atom. The minimum absolute atomic E-state index is 0.0964. The Morgan fingerprint density at radius 3 is 2.67 bits per heavy atom. The summed E-state index contributed by atoms with van der Waals surface area (Å²) in [5.41, 5.74) is 0.804. The molecule has 1 aromatic carbocycles. The third-order valence-corrected chi connectivity index (χ3v) is 6.62. The second kappa shape index (κ2) is 5.26. The first kappa shape index (κ1) is 14.8. The van der Waals surface area contributed by atoms with E-state index in [-0.39, 0.29) is 12.0 Å². The molecule has 0 amide bonds. The number of aliphatic hydroxyl groups excluding tert-OH is 1. The molecule has 1 aliphatic heterocycles. The number of aryl methyl sites for hydroxylation is 1. The van der Waals surface area contributed by atoms with Crippen molar-refractivity contribution < 1.29 is 18.3 Å². The normalized spacial score (nSPS) is 29.6. The molecule has 1 aliphatic carbocycles. The molecule has 0 spiro atoms. The molecule has 3 rings (SSSR count). The zero-order valence-corrected chi connectivity index (χ0v) is 13.1. The Kier molecular flexibility index (Phi) is 3.71. The Hall–Kier alpha value is -1.11. The van der Waals surface area contributed by atoms with Crippen LogP contribution in [-0.4, -0.2) is 44.1 Å². The highest BCUT2D eigenvalue weighted by molar-refractivity contribution is 7.89. The van der Waals surface area contributed by atoms with Gasteiger partial charge in [0.25, 0.3) is 0 Å². The number of hydrogen-bond donors (Lipinski definition) is 1. The second-order valence-corrected chi connectivity index (χ2v) is 7.96. The third kappa shape index (κ3) is 2.45. The maximum absolute atomic E-state index is 12.7. The van der Waals surface area contributed by atoms with Crippen LogP contribution in [0.2, 0.25) is 0 Å². The minimum Gasteiger partial charge on any atom is -0.496 e. The molecule has 1 saturated carbocycles. The highest BCUT2D eigenvalue weighted by atomic mass is 32.2. The lowest BCUT2D eigenvalue weighted by Gasteiger charge is -2.19. The van der Waals surface area contributed by atoms with E-state index < -0.39 is 10.0 Å². The van der Waals surface area contributed by atoms with E-state index in [0.29, 0.717) is 29.7 Å². The van der Waals surface area contributed by atoms with E-state index in [9.17, 15) is 13.5 Å². The lowest BCUT2D eigenvalue weighted by atomic mass is 10.00. The van der Waals surface area contributed by atoms with Crippen molar-refractivity contribution in [1.82, 2.24) is 4.31 Å². The largest absolute Gasteiger partial charge is 0.496 e. The van der Waals surface area contributed by atoms with Crippen molar-refractivity contribution in [2.75, 3.05) is 20.2 Å². The molecule has 2 fully saturated rings. The molecule has 1 N–H and O–H groups in total. The molecule has 5 nitrogen and oxygen atoms in total. The van der Waals surface area contributed by atoms with E-state index in [2.05, 4.69) is 0 Å². The van der Waals surface area contributed by atoms with Gasteiger partial charge in [0.1, 0.15) is 5.75 Å². The van der Waals surface area contributed by atoms with Gasteiger partial charge in [0.2, 0.25) is 10.0 Å². The average molecular weight is 311 g/mol. The standard InChI is InChI=1S/C15H21NO4S/c1-10-7-12(4-6-15(10)20-2)21(18,19)16-8-11-3-5-14(17)13(11)9-16/h4,6-7,11,13-14,17H,3,5,8-9H2,1-2H3. The summed E-state index contributed by atoms with van der Waals surface area (Å²) in [7, 11) is -1.92. The first-order valence-corrected chi connectivity index (χ1v) is 8.70. The summed E-state index contributed by atoms with van der Waals surface area (Å²) in [5.74, 6) is 1.08. The quantitative estimate of drug-likeness (QED) is 0.916. The molecule has 3 unspecified atom stereocenters.